The molecule has 0 spiro atoms. The van der Waals surface area contributed by atoms with E-state index >= 15 is 0 Å². The monoisotopic (exact) mass is 287 g/mol. The van der Waals surface area contributed by atoms with Gasteiger partial charge in [-0.3, -0.25) is 0 Å². The molecule has 112 valence electrons. The minimum absolute atomic E-state index is 0.212. The highest BCUT2D eigenvalue weighted by Crippen LogP contribution is 2.20. The largest absolute Gasteiger partial charge is 0.388 e. The van der Waals surface area contributed by atoms with Gasteiger partial charge in [-0.25, -0.2) is 4.39 Å². The molecule has 0 aliphatic heterocycles. The fourth-order valence-corrected chi connectivity index (χ4v) is 2.44. The van der Waals surface area contributed by atoms with Gasteiger partial charge in [0.2, 0.25) is 0 Å². The fourth-order valence-electron chi connectivity index (χ4n) is 2.44. The maximum atomic E-state index is 12.9. The average molecular weight is 287 g/mol. The van der Waals surface area contributed by atoms with Gasteiger partial charge < -0.3 is 10.0 Å². The lowest BCUT2D eigenvalue weighted by Gasteiger charge is -2.20. The van der Waals surface area contributed by atoms with Gasteiger partial charge in [0.05, 0.1) is 6.10 Å². The zero-order valence-electron chi connectivity index (χ0n) is 12.6. The van der Waals surface area contributed by atoms with Crippen LogP contribution in [-0.2, 0) is 6.54 Å². The topological polar surface area (TPSA) is 23.5 Å². The molecule has 3 heteroatoms. The van der Waals surface area contributed by atoms with Crippen LogP contribution < -0.4 is 0 Å². The summed E-state index contributed by atoms with van der Waals surface area (Å²) in [5, 5.41) is 10.3. The second-order valence-corrected chi connectivity index (χ2v) is 5.53. The maximum absolute atomic E-state index is 12.9. The van der Waals surface area contributed by atoms with Crippen LogP contribution in [0.3, 0.4) is 0 Å². The van der Waals surface area contributed by atoms with E-state index in [0.29, 0.717) is 6.42 Å². The maximum Gasteiger partial charge on any atom is 0.123 e. The summed E-state index contributed by atoms with van der Waals surface area (Å²) in [6.07, 6.45) is 0.240. The lowest BCUT2D eigenvalue weighted by atomic mass is 10.0. The Kier molecular flexibility index (Phi) is 5.48. The molecule has 0 amide bonds. The van der Waals surface area contributed by atoms with Gasteiger partial charge in [0, 0.05) is 13.1 Å². The third kappa shape index (κ3) is 4.66. The van der Waals surface area contributed by atoms with Crippen LogP contribution in [-0.4, -0.2) is 23.6 Å². The summed E-state index contributed by atoms with van der Waals surface area (Å²) in [7, 11) is 2.01. The summed E-state index contributed by atoms with van der Waals surface area (Å²) in [4.78, 5) is 2.13. The molecule has 0 radical (unpaired) electrons. The lowest BCUT2D eigenvalue weighted by molar-refractivity contribution is 0.147. The van der Waals surface area contributed by atoms with E-state index in [1.54, 1.807) is 12.1 Å². The molecule has 1 N–H and O–H groups in total. The summed E-state index contributed by atoms with van der Waals surface area (Å²) < 4.78 is 12.9. The van der Waals surface area contributed by atoms with Crippen LogP contribution in [0.4, 0.5) is 4.39 Å². The van der Waals surface area contributed by atoms with Gasteiger partial charge in [0.25, 0.3) is 0 Å². The average Bonchev–Trinajstić information content (AvgIpc) is 2.48. The Bertz CT molecular complexity index is 568. The molecule has 21 heavy (non-hydrogen) atoms. The van der Waals surface area contributed by atoms with Crippen molar-refractivity contribution in [3.63, 3.8) is 0 Å². The molecule has 2 aromatic carbocycles. The first kappa shape index (κ1) is 15.7. The molecule has 0 aromatic heterocycles. The molecular weight excluding hydrogens is 265 g/mol. The van der Waals surface area contributed by atoms with E-state index in [1.165, 1.54) is 12.1 Å². The van der Waals surface area contributed by atoms with Gasteiger partial charge in [-0.2, -0.15) is 0 Å². The van der Waals surface area contributed by atoms with Gasteiger partial charge in [0.1, 0.15) is 5.82 Å². The fraction of sp³-hybridized carbons (Fsp3) is 0.333. The van der Waals surface area contributed by atoms with E-state index in [2.05, 4.69) is 4.90 Å². The molecule has 0 heterocycles. The predicted octanol–water partition coefficient (Wildman–Crippen LogP) is 3.69. The second kappa shape index (κ2) is 7.34. The van der Waals surface area contributed by atoms with Crippen molar-refractivity contribution >= 4 is 0 Å². The molecule has 0 saturated carbocycles. The van der Waals surface area contributed by atoms with Crippen molar-refractivity contribution in [3.8, 4) is 0 Å². The Labute approximate surface area is 125 Å². The van der Waals surface area contributed by atoms with Gasteiger partial charge in [0.15, 0.2) is 0 Å². The molecule has 1 atom stereocenters. The summed E-state index contributed by atoms with van der Waals surface area (Å²) in [6.45, 7) is 3.55. The number of halogens is 1. The Morgan fingerprint density at radius 1 is 1.10 bits per heavy atom. The number of aliphatic hydroxyl groups excluding tert-OH is 1. The first-order chi connectivity index (χ1) is 10.1. The smallest absolute Gasteiger partial charge is 0.123 e. The second-order valence-electron chi connectivity index (χ2n) is 5.53. The van der Waals surface area contributed by atoms with Crippen molar-refractivity contribution < 1.29 is 9.50 Å². The molecule has 0 aliphatic rings. The highest BCUT2D eigenvalue weighted by Gasteiger charge is 2.11. The highest BCUT2D eigenvalue weighted by molar-refractivity contribution is 5.27. The number of benzene rings is 2. The van der Waals surface area contributed by atoms with Crippen LogP contribution in [0, 0.1) is 12.7 Å². The lowest BCUT2D eigenvalue weighted by Crippen LogP contribution is -2.21. The third-order valence-corrected chi connectivity index (χ3v) is 3.70. The molecule has 0 saturated heterocycles. The Morgan fingerprint density at radius 3 is 2.43 bits per heavy atom. The van der Waals surface area contributed by atoms with E-state index in [1.807, 2.05) is 38.2 Å². The number of aryl methyl sites for hydroxylation is 1. The number of aliphatic hydroxyl groups is 1. The van der Waals surface area contributed by atoms with Crippen molar-refractivity contribution in [3.05, 3.63) is 71.0 Å². The van der Waals surface area contributed by atoms with Gasteiger partial charge in [-0.05, 0) is 49.2 Å². The van der Waals surface area contributed by atoms with Gasteiger partial charge in [-0.1, -0.05) is 36.4 Å². The minimum Gasteiger partial charge on any atom is -0.388 e. The van der Waals surface area contributed by atoms with Crippen LogP contribution >= 0.6 is 0 Å². The molecule has 1 unspecified atom stereocenters. The van der Waals surface area contributed by atoms with Gasteiger partial charge in [-0.15, -0.1) is 0 Å². The summed E-state index contributed by atoms with van der Waals surface area (Å²) in [6, 6.07) is 14.5. The van der Waals surface area contributed by atoms with E-state index in [9.17, 15) is 9.50 Å². The zero-order valence-corrected chi connectivity index (χ0v) is 12.6. The van der Waals surface area contributed by atoms with E-state index in [4.69, 9.17) is 0 Å². The SMILES string of the molecule is Cc1ccccc1C(O)CCN(C)Cc1ccc(F)cc1. The van der Waals surface area contributed by atoms with E-state index in [-0.39, 0.29) is 5.82 Å². The molecule has 0 bridgehead atoms. The quantitative estimate of drug-likeness (QED) is 0.876. The van der Waals surface area contributed by atoms with Crippen LogP contribution in [0.5, 0.6) is 0 Å². The van der Waals surface area contributed by atoms with Crippen molar-refractivity contribution in [2.24, 2.45) is 0 Å². The summed E-state index contributed by atoms with van der Waals surface area (Å²) >= 11 is 0. The predicted molar refractivity (Wildman–Crippen MR) is 83.5 cm³/mol. The molecule has 2 nitrogen and oxygen atoms in total. The molecule has 0 aliphatic carbocycles. The molecule has 2 rings (SSSR count). The Hall–Kier alpha value is -1.71. The summed E-state index contributed by atoms with van der Waals surface area (Å²) in [5.74, 6) is -0.212. The van der Waals surface area contributed by atoms with Crippen LogP contribution in [0.2, 0.25) is 0 Å². The Morgan fingerprint density at radius 2 is 1.76 bits per heavy atom. The van der Waals surface area contributed by atoms with E-state index in [0.717, 1.165) is 29.8 Å². The first-order valence-corrected chi connectivity index (χ1v) is 7.23. The number of rotatable bonds is 6. The Balaban J connectivity index is 1.85. The summed E-state index contributed by atoms with van der Waals surface area (Å²) in [5.41, 5.74) is 3.18. The van der Waals surface area contributed by atoms with Crippen LogP contribution in [0.15, 0.2) is 48.5 Å². The number of hydrogen-bond donors (Lipinski definition) is 1. The van der Waals surface area contributed by atoms with E-state index < -0.39 is 6.10 Å². The highest BCUT2D eigenvalue weighted by atomic mass is 19.1. The minimum atomic E-state index is -0.443. The normalized spacial score (nSPS) is 12.6. The van der Waals surface area contributed by atoms with Crippen LogP contribution in [0.25, 0.3) is 0 Å². The third-order valence-electron chi connectivity index (χ3n) is 3.70. The van der Waals surface area contributed by atoms with Crippen molar-refractivity contribution in [2.75, 3.05) is 13.6 Å². The molecule has 0 fully saturated rings. The number of nitrogens with zero attached hydrogens (tertiary/aromatic N) is 1. The zero-order chi connectivity index (χ0) is 15.2. The molecule has 2 aromatic rings. The van der Waals surface area contributed by atoms with Gasteiger partial charge >= 0.3 is 0 Å². The van der Waals surface area contributed by atoms with Crippen LogP contribution in [0.1, 0.15) is 29.2 Å². The van der Waals surface area contributed by atoms with Crippen molar-refractivity contribution in [2.45, 2.75) is 26.0 Å². The first-order valence-electron chi connectivity index (χ1n) is 7.23. The molecular formula is C18H22FNO. The standard InChI is InChI=1S/C18H22FNO/c1-14-5-3-4-6-17(14)18(21)11-12-20(2)13-15-7-9-16(19)10-8-15/h3-10,18,21H,11-13H2,1-2H3. The number of hydrogen-bond acceptors (Lipinski definition) is 2. The van der Waals surface area contributed by atoms with Crippen molar-refractivity contribution in [1.82, 2.24) is 4.90 Å². The van der Waals surface area contributed by atoms with Crippen molar-refractivity contribution in [1.29, 1.82) is 0 Å².